The fourth-order valence-corrected chi connectivity index (χ4v) is 11.0. The second kappa shape index (κ2) is 9.71. The highest BCUT2D eigenvalue weighted by molar-refractivity contribution is 9.10. The van der Waals surface area contributed by atoms with E-state index in [-0.39, 0.29) is 57.4 Å². The van der Waals surface area contributed by atoms with Crippen LogP contribution in [0.3, 0.4) is 0 Å². The number of carbonyl (C=O) groups is 2. The number of nitrogens with zero attached hydrogens (tertiary/aromatic N) is 1. The van der Waals surface area contributed by atoms with E-state index >= 15 is 0 Å². The Kier molecular flexibility index (Phi) is 6.05. The van der Waals surface area contributed by atoms with Crippen molar-refractivity contribution in [3.8, 4) is 5.75 Å². The molecule has 2 bridgehead atoms. The molecule has 206 valence electrons. The zero-order chi connectivity index (χ0) is 27.8. The third-order valence-electron chi connectivity index (χ3n) is 9.30. The quantitative estimate of drug-likeness (QED) is 0.252. The lowest BCUT2D eigenvalue weighted by molar-refractivity contribution is -0.123. The first-order chi connectivity index (χ1) is 20.0. The van der Waals surface area contributed by atoms with Gasteiger partial charge in [-0.25, -0.2) is 0 Å². The van der Waals surface area contributed by atoms with Gasteiger partial charge in [-0.2, -0.15) is 0 Å². The Hall–Kier alpha value is -3.14. The maximum Gasteiger partial charge on any atom is 0.305 e. The molecule has 1 saturated heterocycles. The molecule has 7 atom stereocenters. The molecule has 2 aliphatic heterocycles. The van der Waals surface area contributed by atoms with Crippen LogP contribution < -0.4 is 14.5 Å². The number of aromatic nitrogens is 1. The van der Waals surface area contributed by atoms with Gasteiger partial charge in [0.2, 0.25) is 11.8 Å². The number of aromatic amines is 1. The summed E-state index contributed by atoms with van der Waals surface area (Å²) in [6, 6.07) is 25.6. The Balaban J connectivity index is 1.19. The molecule has 6 nitrogen and oxygen atoms in total. The lowest BCUT2D eigenvalue weighted by Gasteiger charge is -2.43. The van der Waals surface area contributed by atoms with Crippen LogP contribution in [0.1, 0.15) is 28.3 Å². The number of ether oxygens (including phenoxy) is 1. The number of hydrogen-bond donors (Lipinski definition) is 1. The van der Waals surface area contributed by atoms with E-state index in [1.807, 2.05) is 72.8 Å². The van der Waals surface area contributed by atoms with Crippen molar-refractivity contribution >= 4 is 56.5 Å². The predicted octanol–water partition coefficient (Wildman–Crippen LogP) is 6.46. The number of thioether (sulfide) groups is 1. The minimum Gasteiger partial charge on any atom is -0.489 e. The lowest BCUT2D eigenvalue weighted by atomic mass is 9.68. The van der Waals surface area contributed by atoms with Crippen molar-refractivity contribution in [2.24, 2.45) is 29.6 Å². The van der Waals surface area contributed by atoms with E-state index in [1.54, 1.807) is 11.8 Å². The predicted molar refractivity (Wildman–Crippen MR) is 162 cm³/mol. The Morgan fingerprint density at radius 2 is 1.59 bits per heavy atom. The second-order valence-corrected chi connectivity index (χ2v) is 14.4. The van der Waals surface area contributed by atoms with Crippen molar-refractivity contribution in [3.63, 3.8) is 0 Å². The van der Waals surface area contributed by atoms with Crippen molar-refractivity contribution in [2.75, 3.05) is 4.90 Å². The number of rotatable bonds is 5. The highest BCUT2D eigenvalue weighted by atomic mass is 79.9. The van der Waals surface area contributed by atoms with E-state index in [0.717, 1.165) is 37.7 Å². The summed E-state index contributed by atoms with van der Waals surface area (Å²) in [5.41, 5.74) is 2.75. The summed E-state index contributed by atoms with van der Waals surface area (Å²) >= 11 is 6.42. The number of para-hydroxylation sites is 1. The van der Waals surface area contributed by atoms with E-state index in [2.05, 4.69) is 27.0 Å². The van der Waals surface area contributed by atoms with Crippen LogP contribution in [0.15, 0.2) is 93.2 Å². The SMILES string of the molecule is O=C1C2C3CC(C2C(=O)N1c1ccc(Br)cc1)C1C3Sc2[nH]c(=O)sc2[C@@H]1c1ccccc1OCc1ccccc1. The molecule has 3 aromatic carbocycles. The molecule has 2 aliphatic carbocycles. The summed E-state index contributed by atoms with van der Waals surface area (Å²) < 4.78 is 7.31. The van der Waals surface area contributed by atoms with Crippen LogP contribution in [0.5, 0.6) is 5.75 Å². The summed E-state index contributed by atoms with van der Waals surface area (Å²) in [6.07, 6.45) is 0.853. The van der Waals surface area contributed by atoms with Gasteiger partial charge in [0, 0.05) is 26.1 Å². The average molecular weight is 646 g/mol. The first-order valence-corrected chi connectivity index (χ1v) is 16.3. The number of nitrogens with one attached hydrogen (secondary N) is 1. The van der Waals surface area contributed by atoms with E-state index in [1.165, 1.54) is 16.2 Å². The molecule has 2 saturated carbocycles. The van der Waals surface area contributed by atoms with Gasteiger partial charge in [-0.05, 0) is 60.1 Å². The van der Waals surface area contributed by atoms with E-state index in [0.29, 0.717) is 12.3 Å². The van der Waals surface area contributed by atoms with Gasteiger partial charge >= 0.3 is 4.87 Å². The number of imide groups is 1. The van der Waals surface area contributed by atoms with Crippen LogP contribution in [0.25, 0.3) is 0 Å². The number of anilines is 1. The Morgan fingerprint density at radius 1 is 0.878 bits per heavy atom. The molecular formula is C32H25BrN2O4S2. The van der Waals surface area contributed by atoms with Crippen molar-refractivity contribution in [1.29, 1.82) is 0 Å². The molecule has 1 N–H and O–H groups in total. The Labute approximate surface area is 253 Å². The standard InChI is InChI=1S/C32H25BrN2O4S2/c33-17-10-12-18(13-11-17)35-30(36)25-20-14-21(26(25)31(35)37)27-24(20)23(28-29(40-27)34-32(38)41-28)19-8-4-5-9-22(19)39-15-16-6-2-1-3-7-16/h1-13,20-21,23-27H,14-15H2,(H,34,38)/t20?,21?,23-,24?,25?,26?,27?/m1/s1. The van der Waals surface area contributed by atoms with Gasteiger partial charge in [0.25, 0.3) is 0 Å². The first kappa shape index (κ1) is 25.6. The highest BCUT2D eigenvalue weighted by Gasteiger charge is 2.69. The summed E-state index contributed by atoms with van der Waals surface area (Å²) in [4.78, 5) is 45.9. The van der Waals surface area contributed by atoms with Crippen LogP contribution in [0, 0.1) is 29.6 Å². The number of benzene rings is 3. The highest BCUT2D eigenvalue weighted by Crippen LogP contribution is 2.69. The van der Waals surface area contributed by atoms with Gasteiger partial charge in [-0.15, -0.1) is 11.8 Å². The second-order valence-electron chi connectivity index (χ2n) is 11.3. The van der Waals surface area contributed by atoms with Crippen molar-refractivity contribution in [1.82, 2.24) is 4.98 Å². The van der Waals surface area contributed by atoms with Crippen LogP contribution in [-0.4, -0.2) is 22.0 Å². The van der Waals surface area contributed by atoms with E-state index < -0.39 is 0 Å². The van der Waals surface area contributed by atoms with Gasteiger partial charge in [-0.3, -0.25) is 19.3 Å². The first-order valence-electron chi connectivity index (χ1n) is 13.8. The summed E-state index contributed by atoms with van der Waals surface area (Å²) in [5, 5.41) is 1.03. The maximum atomic E-state index is 14.0. The maximum absolute atomic E-state index is 14.0. The number of amides is 2. The van der Waals surface area contributed by atoms with Gasteiger partial charge in [-0.1, -0.05) is 75.8 Å². The monoisotopic (exact) mass is 644 g/mol. The van der Waals surface area contributed by atoms with Crippen LogP contribution in [0.4, 0.5) is 5.69 Å². The van der Waals surface area contributed by atoms with Crippen molar-refractivity contribution in [3.05, 3.63) is 109 Å². The fourth-order valence-electron chi connectivity index (χ4n) is 7.81. The molecule has 3 fully saturated rings. The Bertz CT molecular complexity index is 1740. The Morgan fingerprint density at radius 3 is 2.37 bits per heavy atom. The molecule has 1 aromatic heterocycles. The fraction of sp³-hybridized carbons (Fsp3) is 0.281. The molecule has 4 aromatic rings. The summed E-state index contributed by atoms with van der Waals surface area (Å²) in [5.74, 6) is 0.132. The van der Waals surface area contributed by atoms with Gasteiger partial charge < -0.3 is 9.72 Å². The molecule has 9 heteroatoms. The number of thiazole rings is 1. The number of halogens is 1. The molecule has 0 radical (unpaired) electrons. The molecular weight excluding hydrogens is 620 g/mol. The number of hydrogen-bond acceptors (Lipinski definition) is 6. The number of carbonyl (C=O) groups excluding carboxylic acids is 2. The van der Waals surface area contributed by atoms with Gasteiger partial charge in [0.15, 0.2) is 0 Å². The molecule has 0 spiro atoms. The smallest absolute Gasteiger partial charge is 0.305 e. The van der Waals surface area contributed by atoms with E-state index in [9.17, 15) is 14.4 Å². The molecule has 41 heavy (non-hydrogen) atoms. The van der Waals surface area contributed by atoms with Gasteiger partial charge in [0.05, 0.1) is 22.5 Å². The molecule has 4 aliphatic rings. The van der Waals surface area contributed by atoms with Crippen molar-refractivity contribution in [2.45, 2.75) is 29.2 Å². The number of fused-ring (bicyclic) bond motifs is 9. The van der Waals surface area contributed by atoms with E-state index in [4.69, 9.17) is 4.74 Å². The molecule has 3 heterocycles. The molecule has 6 unspecified atom stereocenters. The number of H-pyrrole nitrogens is 1. The lowest BCUT2D eigenvalue weighted by Crippen LogP contribution is -2.42. The van der Waals surface area contributed by atoms with Crippen LogP contribution in [0.2, 0.25) is 0 Å². The normalized spacial score (nSPS) is 29.4. The third-order valence-corrected chi connectivity index (χ3v) is 12.4. The van der Waals surface area contributed by atoms with Crippen LogP contribution in [-0.2, 0) is 16.2 Å². The third kappa shape index (κ3) is 3.92. The molecule has 2 amide bonds. The molecule has 8 rings (SSSR count). The minimum atomic E-state index is -0.338. The largest absolute Gasteiger partial charge is 0.489 e. The topological polar surface area (TPSA) is 79.5 Å². The zero-order valence-electron chi connectivity index (χ0n) is 21.7. The minimum absolute atomic E-state index is 0.0527. The van der Waals surface area contributed by atoms with Gasteiger partial charge in [0.1, 0.15) is 12.4 Å². The van der Waals surface area contributed by atoms with Crippen molar-refractivity contribution < 1.29 is 14.3 Å². The summed E-state index contributed by atoms with van der Waals surface area (Å²) in [7, 11) is 0. The summed E-state index contributed by atoms with van der Waals surface area (Å²) in [6.45, 7) is 0.440. The zero-order valence-corrected chi connectivity index (χ0v) is 25.0. The average Bonchev–Trinajstić information content (AvgIpc) is 3.72. The van der Waals surface area contributed by atoms with Crippen LogP contribution >= 0.6 is 39.0 Å².